The van der Waals surface area contributed by atoms with Crippen LogP contribution < -0.4 is 4.74 Å². The van der Waals surface area contributed by atoms with Crippen LogP contribution >= 0.6 is 24.0 Å². The van der Waals surface area contributed by atoms with Gasteiger partial charge in [0.15, 0.2) is 0 Å². The van der Waals surface area contributed by atoms with Gasteiger partial charge in [0.25, 0.3) is 5.91 Å². The third-order valence-corrected chi connectivity index (χ3v) is 7.57. The summed E-state index contributed by atoms with van der Waals surface area (Å²) in [6.07, 6.45) is 9.31. The highest BCUT2D eigenvalue weighted by Gasteiger charge is 2.32. The summed E-state index contributed by atoms with van der Waals surface area (Å²) in [5.41, 5.74) is 3.56. The number of hydrogen-bond acceptors (Lipinski definition) is 6. The van der Waals surface area contributed by atoms with Crippen molar-refractivity contribution >= 4 is 40.3 Å². The quantitative estimate of drug-likeness (QED) is 0.121. The van der Waals surface area contributed by atoms with Gasteiger partial charge in [-0.05, 0) is 62.2 Å². The SMILES string of the molecule is CCCCCCOc1ccc(-c2nn(-c3ccccc3)cc2C=C2SC(=S)N(CCCOCC)C2=O)cc1. The van der Waals surface area contributed by atoms with Crippen molar-refractivity contribution < 1.29 is 14.3 Å². The standard InChI is InChI=1S/C30H35N3O3S2/c1-3-5-6-10-20-36-26-16-14-23(15-17-26)28-24(22-33(31-28)25-12-8-7-9-13-25)21-27-29(34)32(30(37)38-27)18-11-19-35-4-2/h7-9,12-17,21-22H,3-6,10-11,18-20H2,1-2H3. The molecule has 0 unspecified atom stereocenters. The van der Waals surface area contributed by atoms with Gasteiger partial charge in [0.05, 0.1) is 22.9 Å². The average Bonchev–Trinajstić information content (AvgIpc) is 3.48. The fourth-order valence-electron chi connectivity index (χ4n) is 4.16. The maximum absolute atomic E-state index is 13.2. The van der Waals surface area contributed by atoms with Gasteiger partial charge < -0.3 is 9.47 Å². The number of nitrogens with zero attached hydrogens (tertiary/aromatic N) is 3. The molecule has 1 aliphatic heterocycles. The van der Waals surface area contributed by atoms with E-state index < -0.39 is 0 Å². The topological polar surface area (TPSA) is 56.6 Å². The Balaban J connectivity index is 1.57. The minimum Gasteiger partial charge on any atom is -0.494 e. The molecule has 0 radical (unpaired) electrons. The zero-order valence-electron chi connectivity index (χ0n) is 22.1. The van der Waals surface area contributed by atoms with Gasteiger partial charge in [-0.1, -0.05) is 68.4 Å². The van der Waals surface area contributed by atoms with Crippen molar-refractivity contribution in [2.24, 2.45) is 0 Å². The first-order valence-corrected chi connectivity index (χ1v) is 14.5. The van der Waals surface area contributed by atoms with Crippen molar-refractivity contribution in [2.75, 3.05) is 26.4 Å². The maximum Gasteiger partial charge on any atom is 0.266 e. The number of thioether (sulfide) groups is 1. The third-order valence-electron chi connectivity index (χ3n) is 6.19. The number of hydrogen-bond donors (Lipinski definition) is 0. The Labute approximate surface area is 235 Å². The molecular weight excluding hydrogens is 514 g/mol. The molecule has 2 heterocycles. The zero-order chi connectivity index (χ0) is 26.7. The Kier molecular flexibility index (Phi) is 10.6. The molecule has 38 heavy (non-hydrogen) atoms. The van der Waals surface area contributed by atoms with E-state index in [9.17, 15) is 4.79 Å². The van der Waals surface area contributed by atoms with E-state index in [-0.39, 0.29) is 5.91 Å². The molecule has 8 heteroatoms. The molecule has 1 amide bonds. The number of unbranched alkanes of at least 4 members (excludes halogenated alkanes) is 3. The average molecular weight is 550 g/mol. The summed E-state index contributed by atoms with van der Waals surface area (Å²) < 4.78 is 13.8. The second kappa shape index (κ2) is 14.3. The van der Waals surface area contributed by atoms with Gasteiger partial charge in [0.2, 0.25) is 0 Å². The van der Waals surface area contributed by atoms with Gasteiger partial charge in [-0.15, -0.1) is 0 Å². The lowest BCUT2D eigenvalue weighted by atomic mass is 10.1. The lowest BCUT2D eigenvalue weighted by Crippen LogP contribution is -2.29. The van der Waals surface area contributed by atoms with Crippen LogP contribution in [0.4, 0.5) is 0 Å². The Morgan fingerprint density at radius 1 is 0.974 bits per heavy atom. The Hall–Kier alpha value is -2.94. The molecule has 6 nitrogen and oxygen atoms in total. The Morgan fingerprint density at radius 2 is 1.76 bits per heavy atom. The van der Waals surface area contributed by atoms with Crippen molar-refractivity contribution in [1.29, 1.82) is 0 Å². The van der Waals surface area contributed by atoms with Crippen molar-refractivity contribution in [3.8, 4) is 22.7 Å². The second-order valence-corrected chi connectivity index (χ2v) is 10.7. The molecule has 2 aromatic carbocycles. The first kappa shape index (κ1) is 28.1. The molecule has 0 bridgehead atoms. The number of para-hydroxylation sites is 1. The minimum absolute atomic E-state index is 0.0678. The van der Waals surface area contributed by atoms with Crippen LogP contribution in [0.5, 0.6) is 5.75 Å². The van der Waals surface area contributed by atoms with E-state index in [0.29, 0.717) is 29.0 Å². The molecular formula is C30H35N3O3S2. The van der Waals surface area contributed by atoms with Crippen molar-refractivity contribution in [3.05, 3.63) is 71.3 Å². The molecule has 1 aliphatic rings. The van der Waals surface area contributed by atoms with Gasteiger partial charge in [0.1, 0.15) is 10.1 Å². The van der Waals surface area contributed by atoms with E-state index in [1.54, 1.807) is 4.90 Å². The summed E-state index contributed by atoms with van der Waals surface area (Å²) >= 11 is 6.86. The Bertz CT molecular complexity index is 1240. The molecule has 200 valence electrons. The fraction of sp³-hybridized carbons (Fsp3) is 0.367. The maximum atomic E-state index is 13.2. The summed E-state index contributed by atoms with van der Waals surface area (Å²) in [5.74, 6) is 0.781. The van der Waals surface area contributed by atoms with Crippen LogP contribution in [-0.2, 0) is 9.53 Å². The number of carbonyl (C=O) groups excluding carboxylic acids is 1. The number of ether oxygens (including phenoxy) is 2. The number of benzene rings is 2. The monoisotopic (exact) mass is 549 g/mol. The number of carbonyl (C=O) groups is 1. The van der Waals surface area contributed by atoms with Gasteiger partial charge in [-0.3, -0.25) is 9.69 Å². The molecule has 0 aliphatic carbocycles. The largest absolute Gasteiger partial charge is 0.494 e. The van der Waals surface area contributed by atoms with Gasteiger partial charge in [-0.2, -0.15) is 5.10 Å². The van der Waals surface area contributed by atoms with E-state index >= 15 is 0 Å². The highest BCUT2D eigenvalue weighted by Crippen LogP contribution is 2.35. The molecule has 0 atom stereocenters. The normalized spacial score (nSPS) is 14.6. The molecule has 1 saturated heterocycles. The van der Waals surface area contributed by atoms with Crippen molar-refractivity contribution in [2.45, 2.75) is 46.0 Å². The predicted molar refractivity (Wildman–Crippen MR) is 160 cm³/mol. The molecule has 0 saturated carbocycles. The number of thiocarbonyl (C=S) groups is 1. The smallest absolute Gasteiger partial charge is 0.266 e. The summed E-state index contributed by atoms with van der Waals surface area (Å²) in [7, 11) is 0. The fourth-order valence-corrected chi connectivity index (χ4v) is 5.46. The van der Waals surface area contributed by atoms with Crippen LogP contribution in [0.3, 0.4) is 0 Å². The molecule has 0 N–H and O–H groups in total. The van der Waals surface area contributed by atoms with Crippen LogP contribution in [0.2, 0.25) is 0 Å². The van der Waals surface area contributed by atoms with E-state index in [4.69, 9.17) is 26.8 Å². The van der Waals surface area contributed by atoms with E-state index in [1.165, 1.54) is 31.0 Å². The minimum atomic E-state index is -0.0678. The van der Waals surface area contributed by atoms with Crippen molar-refractivity contribution in [3.63, 3.8) is 0 Å². The molecule has 0 spiro atoms. The highest BCUT2D eigenvalue weighted by molar-refractivity contribution is 8.26. The first-order valence-electron chi connectivity index (χ1n) is 13.3. The highest BCUT2D eigenvalue weighted by atomic mass is 32.2. The third kappa shape index (κ3) is 7.34. The van der Waals surface area contributed by atoms with Gasteiger partial charge in [-0.25, -0.2) is 4.68 Å². The van der Waals surface area contributed by atoms with Crippen LogP contribution in [0.15, 0.2) is 65.7 Å². The zero-order valence-corrected chi connectivity index (χ0v) is 23.7. The summed E-state index contributed by atoms with van der Waals surface area (Å²) in [4.78, 5) is 15.5. The number of rotatable bonds is 14. The molecule has 3 aromatic rings. The van der Waals surface area contributed by atoms with Gasteiger partial charge >= 0.3 is 0 Å². The number of aromatic nitrogens is 2. The van der Waals surface area contributed by atoms with E-state index in [2.05, 4.69) is 6.92 Å². The predicted octanol–water partition coefficient (Wildman–Crippen LogP) is 7.13. The van der Waals surface area contributed by atoms with Crippen LogP contribution in [0.25, 0.3) is 23.0 Å². The van der Waals surface area contributed by atoms with Crippen LogP contribution in [0.1, 0.15) is 51.5 Å². The lowest BCUT2D eigenvalue weighted by molar-refractivity contribution is -0.122. The number of amides is 1. The first-order chi connectivity index (χ1) is 18.6. The van der Waals surface area contributed by atoms with E-state index in [0.717, 1.165) is 47.7 Å². The molecule has 4 rings (SSSR count). The molecule has 1 fully saturated rings. The molecule has 1 aromatic heterocycles. The van der Waals surface area contributed by atoms with Crippen LogP contribution in [-0.4, -0.2) is 51.3 Å². The second-order valence-electron chi connectivity index (χ2n) is 9.03. The van der Waals surface area contributed by atoms with Crippen LogP contribution in [0, 0.1) is 0 Å². The summed E-state index contributed by atoms with van der Waals surface area (Å²) in [6, 6.07) is 18.0. The summed E-state index contributed by atoms with van der Waals surface area (Å²) in [6.45, 7) is 6.72. The van der Waals surface area contributed by atoms with E-state index in [1.807, 2.05) is 78.5 Å². The van der Waals surface area contributed by atoms with Crippen molar-refractivity contribution in [1.82, 2.24) is 14.7 Å². The summed E-state index contributed by atoms with van der Waals surface area (Å²) in [5, 5.41) is 4.90. The van der Waals surface area contributed by atoms with Gasteiger partial charge in [0, 0.05) is 37.1 Å². The lowest BCUT2D eigenvalue weighted by Gasteiger charge is -2.13. The Morgan fingerprint density at radius 3 is 2.50 bits per heavy atom.